The molecule has 6 nitrogen and oxygen atoms in total. The average Bonchev–Trinajstić information content (AvgIpc) is 2.82. The molecule has 3 rings (SSSR count). The predicted octanol–water partition coefficient (Wildman–Crippen LogP) is 4.03. The molecule has 0 bridgehead atoms. The highest BCUT2D eigenvalue weighted by atomic mass is 16.5. The monoisotopic (exact) mass is 383 g/mol. The van der Waals surface area contributed by atoms with Crippen LogP contribution in [0.5, 0.6) is 17.2 Å². The van der Waals surface area contributed by atoms with Gasteiger partial charge in [-0.2, -0.15) is 0 Å². The number of benzene rings is 2. The summed E-state index contributed by atoms with van der Waals surface area (Å²) in [5.74, 6) is 1.61. The molecule has 2 aromatic carbocycles. The average molecular weight is 383 g/mol. The maximum atomic E-state index is 11.8. The Labute approximate surface area is 164 Å². The van der Waals surface area contributed by atoms with Crippen LogP contribution in [0.25, 0.3) is 16.9 Å². The number of carbonyl (C=O) groups excluding carboxylic acids is 1. The Morgan fingerprint density at radius 2 is 1.82 bits per heavy atom. The van der Waals surface area contributed by atoms with Crippen molar-refractivity contribution in [3.63, 3.8) is 0 Å². The quantitative estimate of drug-likeness (QED) is 0.763. The first-order valence-electron chi connectivity index (χ1n) is 9.02. The van der Waals surface area contributed by atoms with Gasteiger partial charge in [0.2, 0.25) is 11.7 Å². The molecule has 0 saturated carbocycles. The lowest BCUT2D eigenvalue weighted by Gasteiger charge is -2.20. The predicted molar refractivity (Wildman–Crippen MR) is 108 cm³/mol. The molecule has 0 unspecified atom stereocenters. The molecule has 2 N–H and O–H groups in total. The van der Waals surface area contributed by atoms with Gasteiger partial charge >= 0.3 is 0 Å². The van der Waals surface area contributed by atoms with E-state index in [0.29, 0.717) is 35.7 Å². The lowest BCUT2D eigenvalue weighted by Crippen LogP contribution is -2.26. The van der Waals surface area contributed by atoms with Crippen molar-refractivity contribution in [1.29, 1.82) is 0 Å². The van der Waals surface area contributed by atoms with Crippen LogP contribution in [0.1, 0.15) is 36.1 Å². The van der Waals surface area contributed by atoms with Crippen LogP contribution in [0.3, 0.4) is 0 Å². The number of amides is 1. The summed E-state index contributed by atoms with van der Waals surface area (Å²) in [5.41, 5.74) is 4.41. The molecule has 1 aliphatic rings. The van der Waals surface area contributed by atoms with Crippen molar-refractivity contribution in [2.75, 3.05) is 21.3 Å². The highest BCUT2D eigenvalue weighted by Gasteiger charge is 2.29. The number of hydrogen-bond acceptors (Lipinski definition) is 5. The Morgan fingerprint density at radius 1 is 1.11 bits per heavy atom. The summed E-state index contributed by atoms with van der Waals surface area (Å²) in [5, 5.41) is 12.9. The second-order valence-corrected chi connectivity index (χ2v) is 6.71. The summed E-state index contributed by atoms with van der Waals surface area (Å²) in [4.78, 5) is 11.8. The first-order valence-corrected chi connectivity index (χ1v) is 9.02. The molecule has 0 spiro atoms. The Morgan fingerprint density at radius 3 is 2.39 bits per heavy atom. The van der Waals surface area contributed by atoms with Gasteiger partial charge in [-0.1, -0.05) is 18.7 Å². The Balaban J connectivity index is 2.31. The minimum atomic E-state index is -0.208. The summed E-state index contributed by atoms with van der Waals surface area (Å²) in [6.07, 6.45) is 1.35. The van der Waals surface area contributed by atoms with Crippen molar-refractivity contribution in [2.45, 2.75) is 25.8 Å². The molecule has 0 aromatic heterocycles. The van der Waals surface area contributed by atoms with E-state index >= 15 is 0 Å². The van der Waals surface area contributed by atoms with Gasteiger partial charge in [-0.3, -0.25) is 4.79 Å². The van der Waals surface area contributed by atoms with E-state index in [-0.39, 0.29) is 17.7 Å². The zero-order chi connectivity index (χ0) is 20.4. The third kappa shape index (κ3) is 3.38. The second-order valence-electron chi connectivity index (χ2n) is 6.71. The van der Waals surface area contributed by atoms with Crippen LogP contribution < -0.4 is 19.5 Å². The van der Waals surface area contributed by atoms with E-state index in [1.54, 1.807) is 21.3 Å². The first kappa shape index (κ1) is 19.6. The van der Waals surface area contributed by atoms with Crippen molar-refractivity contribution in [3.8, 4) is 28.4 Å². The zero-order valence-corrected chi connectivity index (χ0v) is 16.6. The van der Waals surface area contributed by atoms with Crippen LogP contribution >= 0.6 is 0 Å². The largest absolute Gasteiger partial charge is 0.508 e. The first-order chi connectivity index (χ1) is 13.4. The molecule has 0 heterocycles. The number of ether oxygens (including phenoxy) is 3. The third-order valence-corrected chi connectivity index (χ3v) is 5.04. The molecule has 1 atom stereocenters. The molecular weight excluding hydrogens is 358 g/mol. The van der Waals surface area contributed by atoms with Crippen LogP contribution in [0.15, 0.2) is 30.8 Å². The van der Waals surface area contributed by atoms with Crippen molar-refractivity contribution >= 4 is 11.7 Å². The minimum Gasteiger partial charge on any atom is -0.508 e. The van der Waals surface area contributed by atoms with E-state index in [9.17, 15) is 9.90 Å². The topological polar surface area (TPSA) is 77.0 Å². The number of fused-ring (bicyclic) bond motifs is 3. The van der Waals surface area contributed by atoms with Gasteiger partial charge in [0, 0.05) is 18.1 Å². The molecule has 1 aliphatic carbocycles. The van der Waals surface area contributed by atoms with Crippen LogP contribution in [-0.2, 0) is 11.2 Å². The summed E-state index contributed by atoms with van der Waals surface area (Å²) >= 11 is 0. The highest BCUT2D eigenvalue weighted by Crippen LogP contribution is 2.49. The smallest absolute Gasteiger partial charge is 0.217 e. The molecule has 0 radical (unpaired) electrons. The van der Waals surface area contributed by atoms with Gasteiger partial charge in [0.25, 0.3) is 0 Å². The van der Waals surface area contributed by atoms with Crippen LogP contribution in [0.4, 0.5) is 0 Å². The Hall–Kier alpha value is -3.15. The van der Waals surface area contributed by atoms with Gasteiger partial charge in [0.15, 0.2) is 11.5 Å². The standard InChI is InChI=1S/C22H25NO5/c1-12(24)14-6-7-15-17-11-20(26-3)22(28-5)21(27-4)16(17)8-9-19(18(15)10-14)23-13(2)25/h6-7,10-11,19,24H,1,8-9H2,2-5H3,(H,23,25)/t19-/m0/s1. The molecular formula is C22H25NO5. The van der Waals surface area contributed by atoms with Crippen LogP contribution in [0.2, 0.25) is 0 Å². The van der Waals surface area contributed by atoms with Gasteiger partial charge in [-0.05, 0) is 41.7 Å². The van der Waals surface area contributed by atoms with E-state index in [4.69, 9.17) is 14.2 Å². The number of aliphatic hydroxyl groups excluding tert-OH is 1. The maximum Gasteiger partial charge on any atom is 0.217 e. The van der Waals surface area contributed by atoms with E-state index in [1.807, 2.05) is 24.3 Å². The molecule has 6 heteroatoms. The normalized spacial score (nSPS) is 14.9. The molecule has 148 valence electrons. The molecule has 2 aromatic rings. The van der Waals surface area contributed by atoms with E-state index in [2.05, 4.69) is 11.9 Å². The summed E-state index contributed by atoms with van der Waals surface area (Å²) in [6, 6.07) is 7.33. The van der Waals surface area contributed by atoms with Gasteiger partial charge in [0.1, 0.15) is 5.76 Å². The molecule has 0 aliphatic heterocycles. The highest BCUT2D eigenvalue weighted by molar-refractivity contribution is 5.81. The number of carbonyl (C=O) groups is 1. The number of hydrogen-bond donors (Lipinski definition) is 2. The van der Waals surface area contributed by atoms with Crippen molar-refractivity contribution < 1.29 is 24.1 Å². The third-order valence-electron chi connectivity index (χ3n) is 5.04. The van der Waals surface area contributed by atoms with Crippen molar-refractivity contribution in [1.82, 2.24) is 5.32 Å². The number of methoxy groups -OCH3 is 3. The Bertz CT molecular complexity index is 935. The SMILES string of the molecule is C=C(O)c1ccc2c(c1)[C@@H](NC(C)=O)CCc1c-2cc(OC)c(OC)c1OC. The zero-order valence-electron chi connectivity index (χ0n) is 16.6. The maximum absolute atomic E-state index is 11.8. The lowest BCUT2D eigenvalue weighted by molar-refractivity contribution is -0.119. The number of rotatable bonds is 5. The van der Waals surface area contributed by atoms with E-state index in [1.165, 1.54) is 6.92 Å². The van der Waals surface area contributed by atoms with Gasteiger partial charge in [-0.25, -0.2) is 0 Å². The Kier molecular flexibility index (Phi) is 5.49. The minimum absolute atomic E-state index is 0.0151. The van der Waals surface area contributed by atoms with Crippen molar-refractivity contribution in [3.05, 3.63) is 47.5 Å². The van der Waals surface area contributed by atoms with Gasteiger partial charge in [0.05, 0.1) is 27.4 Å². The number of nitrogens with one attached hydrogen (secondary N) is 1. The van der Waals surface area contributed by atoms with E-state index in [0.717, 1.165) is 22.3 Å². The second kappa shape index (κ2) is 7.84. The summed E-state index contributed by atoms with van der Waals surface area (Å²) in [7, 11) is 4.77. The molecule has 0 saturated heterocycles. The fourth-order valence-electron chi connectivity index (χ4n) is 3.82. The van der Waals surface area contributed by atoms with Crippen LogP contribution in [-0.4, -0.2) is 32.3 Å². The van der Waals surface area contributed by atoms with Gasteiger partial charge < -0.3 is 24.6 Å². The van der Waals surface area contributed by atoms with Crippen molar-refractivity contribution in [2.24, 2.45) is 0 Å². The van der Waals surface area contributed by atoms with E-state index < -0.39 is 0 Å². The lowest BCUT2D eigenvalue weighted by atomic mass is 9.92. The molecule has 1 amide bonds. The molecule has 28 heavy (non-hydrogen) atoms. The fourth-order valence-corrected chi connectivity index (χ4v) is 3.82. The molecule has 0 fully saturated rings. The number of aliphatic hydroxyl groups is 1. The summed E-state index contributed by atoms with van der Waals surface area (Å²) in [6.45, 7) is 5.12. The summed E-state index contributed by atoms with van der Waals surface area (Å²) < 4.78 is 16.7. The van der Waals surface area contributed by atoms with Crippen LogP contribution in [0, 0.1) is 0 Å². The van der Waals surface area contributed by atoms with Gasteiger partial charge in [-0.15, -0.1) is 0 Å². The fraction of sp³-hybridized carbons (Fsp3) is 0.318.